The third-order valence-corrected chi connectivity index (χ3v) is 2.54. The molecule has 1 saturated heterocycles. The van der Waals surface area contributed by atoms with E-state index >= 15 is 0 Å². The molecule has 4 nitrogen and oxygen atoms in total. The Morgan fingerprint density at radius 2 is 2.57 bits per heavy atom. The van der Waals surface area contributed by atoms with E-state index in [0.717, 1.165) is 12.4 Å². The van der Waals surface area contributed by atoms with Crippen molar-refractivity contribution in [3.05, 3.63) is 18.6 Å². The second-order valence-corrected chi connectivity index (χ2v) is 3.60. The maximum absolute atomic E-state index is 4.10. The number of hydrogen-bond donors (Lipinski definition) is 2. The standard InChI is InChI=1S/C10H16N4/c1-2-9(12-5-1)3-7-13-10-4-6-11-8-14-10/h4,6,8-9,12H,1-3,5,7H2,(H,11,13,14)/t9-/m0/s1. The molecule has 1 aromatic rings. The first-order valence-electron chi connectivity index (χ1n) is 5.18. The lowest BCUT2D eigenvalue weighted by atomic mass is 10.1. The number of nitrogens with zero attached hydrogens (tertiary/aromatic N) is 2. The van der Waals surface area contributed by atoms with Gasteiger partial charge in [-0.3, -0.25) is 0 Å². The SMILES string of the molecule is c1cc(NCC[C@@H]2CCCN2)ncn1. The van der Waals surface area contributed by atoms with Gasteiger partial charge in [-0.25, -0.2) is 9.97 Å². The van der Waals surface area contributed by atoms with Crippen LogP contribution in [0.1, 0.15) is 19.3 Å². The van der Waals surface area contributed by atoms with Crippen molar-refractivity contribution in [2.75, 3.05) is 18.4 Å². The molecule has 0 amide bonds. The summed E-state index contributed by atoms with van der Waals surface area (Å²) in [6.07, 6.45) is 7.12. The highest BCUT2D eigenvalue weighted by molar-refractivity contribution is 5.31. The second-order valence-electron chi connectivity index (χ2n) is 3.60. The zero-order chi connectivity index (χ0) is 9.64. The van der Waals surface area contributed by atoms with E-state index in [2.05, 4.69) is 20.6 Å². The van der Waals surface area contributed by atoms with Crippen molar-refractivity contribution < 1.29 is 0 Å². The molecule has 2 N–H and O–H groups in total. The van der Waals surface area contributed by atoms with Crippen LogP contribution >= 0.6 is 0 Å². The van der Waals surface area contributed by atoms with E-state index in [-0.39, 0.29) is 0 Å². The Bertz CT molecular complexity index is 256. The van der Waals surface area contributed by atoms with Crippen LogP contribution in [0.25, 0.3) is 0 Å². The summed E-state index contributed by atoms with van der Waals surface area (Å²) in [5.74, 6) is 0.915. The molecule has 0 spiro atoms. The van der Waals surface area contributed by atoms with Crippen LogP contribution in [0.5, 0.6) is 0 Å². The molecular formula is C10H16N4. The van der Waals surface area contributed by atoms with Crippen molar-refractivity contribution in [2.24, 2.45) is 0 Å². The topological polar surface area (TPSA) is 49.8 Å². The summed E-state index contributed by atoms with van der Waals surface area (Å²) < 4.78 is 0. The zero-order valence-corrected chi connectivity index (χ0v) is 8.24. The van der Waals surface area contributed by atoms with Gasteiger partial charge in [0, 0.05) is 18.8 Å². The van der Waals surface area contributed by atoms with Crippen LogP contribution in [-0.4, -0.2) is 29.1 Å². The summed E-state index contributed by atoms with van der Waals surface area (Å²) >= 11 is 0. The van der Waals surface area contributed by atoms with E-state index in [4.69, 9.17) is 0 Å². The molecule has 4 heteroatoms. The summed E-state index contributed by atoms with van der Waals surface area (Å²) in [6, 6.07) is 2.59. The number of nitrogens with one attached hydrogen (secondary N) is 2. The van der Waals surface area contributed by atoms with Gasteiger partial charge in [0.15, 0.2) is 0 Å². The minimum absolute atomic E-state index is 0.698. The smallest absolute Gasteiger partial charge is 0.129 e. The molecule has 2 heterocycles. The fourth-order valence-electron chi connectivity index (χ4n) is 1.77. The molecule has 0 saturated carbocycles. The number of hydrogen-bond acceptors (Lipinski definition) is 4. The fraction of sp³-hybridized carbons (Fsp3) is 0.600. The maximum Gasteiger partial charge on any atom is 0.129 e. The highest BCUT2D eigenvalue weighted by Gasteiger charge is 2.12. The van der Waals surface area contributed by atoms with Gasteiger partial charge >= 0.3 is 0 Å². The molecule has 14 heavy (non-hydrogen) atoms. The van der Waals surface area contributed by atoms with E-state index in [1.807, 2.05) is 6.07 Å². The molecule has 1 aliphatic heterocycles. The third kappa shape index (κ3) is 2.67. The minimum Gasteiger partial charge on any atom is -0.370 e. The first-order chi connectivity index (χ1) is 6.95. The van der Waals surface area contributed by atoms with Gasteiger partial charge in [-0.05, 0) is 31.9 Å². The van der Waals surface area contributed by atoms with Gasteiger partial charge in [0.25, 0.3) is 0 Å². The van der Waals surface area contributed by atoms with E-state index < -0.39 is 0 Å². The lowest BCUT2D eigenvalue weighted by Crippen LogP contribution is -2.24. The monoisotopic (exact) mass is 192 g/mol. The summed E-state index contributed by atoms with van der Waals surface area (Å²) in [5.41, 5.74) is 0. The second kappa shape index (κ2) is 4.91. The Hall–Kier alpha value is -1.16. The number of rotatable bonds is 4. The predicted molar refractivity (Wildman–Crippen MR) is 56.2 cm³/mol. The Kier molecular flexibility index (Phi) is 3.29. The molecule has 0 bridgehead atoms. The Labute approximate surface area is 84.2 Å². The van der Waals surface area contributed by atoms with Crippen LogP contribution in [0.3, 0.4) is 0 Å². The summed E-state index contributed by atoms with van der Waals surface area (Å²) in [6.45, 7) is 2.16. The average Bonchev–Trinajstić information content (AvgIpc) is 2.72. The van der Waals surface area contributed by atoms with Gasteiger partial charge in [0.1, 0.15) is 12.1 Å². The third-order valence-electron chi connectivity index (χ3n) is 2.54. The molecule has 0 aliphatic carbocycles. The molecule has 1 aliphatic rings. The molecule has 0 unspecified atom stereocenters. The average molecular weight is 192 g/mol. The molecule has 1 fully saturated rings. The van der Waals surface area contributed by atoms with E-state index in [9.17, 15) is 0 Å². The normalized spacial score (nSPS) is 21.0. The quantitative estimate of drug-likeness (QED) is 0.748. The van der Waals surface area contributed by atoms with Crippen LogP contribution in [0, 0.1) is 0 Å². The zero-order valence-electron chi connectivity index (χ0n) is 8.24. The molecule has 0 radical (unpaired) electrons. The number of anilines is 1. The van der Waals surface area contributed by atoms with Crippen molar-refractivity contribution in [2.45, 2.75) is 25.3 Å². The predicted octanol–water partition coefficient (Wildman–Crippen LogP) is 1.03. The van der Waals surface area contributed by atoms with Crippen molar-refractivity contribution in [3.8, 4) is 0 Å². The van der Waals surface area contributed by atoms with Gasteiger partial charge in [-0.1, -0.05) is 0 Å². The molecule has 76 valence electrons. The number of aromatic nitrogens is 2. The first-order valence-corrected chi connectivity index (χ1v) is 5.18. The van der Waals surface area contributed by atoms with Crippen molar-refractivity contribution in [1.29, 1.82) is 0 Å². The minimum atomic E-state index is 0.698. The van der Waals surface area contributed by atoms with Crippen LogP contribution in [-0.2, 0) is 0 Å². The Balaban J connectivity index is 1.67. The van der Waals surface area contributed by atoms with Gasteiger partial charge in [0.05, 0.1) is 0 Å². The summed E-state index contributed by atoms with van der Waals surface area (Å²) in [7, 11) is 0. The van der Waals surface area contributed by atoms with Gasteiger partial charge in [-0.2, -0.15) is 0 Å². The Morgan fingerprint density at radius 3 is 3.29 bits per heavy atom. The van der Waals surface area contributed by atoms with Crippen molar-refractivity contribution in [3.63, 3.8) is 0 Å². The largest absolute Gasteiger partial charge is 0.370 e. The van der Waals surface area contributed by atoms with Gasteiger partial charge in [0.2, 0.25) is 0 Å². The van der Waals surface area contributed by atoms with Crippen LogP contribution in [0.15, 0.2) is 18.6 Å². The molecule has 0 aromatic carbocycles. The van der Waals surface area contributed by atoms with Gasteiger partial charge < -0.3 is 10.6 Å². The van der Waals surface area contributed by atoms with E-state index in [0.29, 0.717) is 6.04 Å². The highest BCUT2D eigenvalue weighted by atomic mass is 15.0. The van der Waals surface area contributed by atoms with Gasteiger partial charge in [-0.15, -0.1) is 0 Å². The molecule has 1 aromatic heterocycles. The molecule has 2 rings (SSSR count). The van der Waals surface area contributed by atoms with E-state index in [1.165, 1.54) is 25.8 Å². The van der Waals surface area contributed by atoms with Crippen molar-refractivity contribution in [1.82, 2.24) is 15.3 Å². The lowest BCUT2D eigenvalue weighted by molar-refractivity contribution is 0.574. The molecule has 1 atom stereocenters. The lowest BCUT2D eigenvalue weighted by Gasteiger charge is -2.10. The molecular weight excluding hydrogens is 176 g/mol. The summed E-state index contributed by atoms with van der Waals surface area (Å²) in [5, 5.41) is 6.75. The van der Waals surface area contributed by atoms with Crippen LogP contribution in [0.4, 0.5) is 5.82 Å². The first kappa shape index (κ1) is 9.40. The fourth-order valence-corrected chi connectivity index (χ4v) is 1.77. The highest BCUT2D eigenvalue weighted by Crippen LogP contribution is 2.08. The van der Waals surface area contributed by atoms with Crippen LogP contribution < -0.4 is 10.6 Å². The van der Waals surface area contributed by atoms with Crippen molar-refractivity contribution >= 4 is 5.82 Å². The van der Waals surface area contributed by atoms with Crippen LogP contribution in [0.2, 0.25) is 0 Å². The Morgan fingerprint density at radius 1 is 1.57 bits per heavy atom. The van der Waals surface area contributed by atoms with E-state index in [1.54, 1.807) is 12.5 Å². The maximum atomic E-state index is 4.10. The summed E-state index contributed by atoms with van der Waals surface area (Å²) in [4.78, 5) is 7.97.